The van der Waals surface area contributed by atoms with Crippen molar-refractivity contribution < 1.29 is 41.1 Å². The molecule has 120 heavy (non-hydrogen) atoms. The Morgan fingerprint density at radius 3 is 0.750 bits per heavy atom. The highest BCUT2D eigenvalue weighted by molar-refractivity contribution is 6.14. The molecule has 576 valence electrons. The second kappa shape index (κ2) is 32.1. The van der Waals surface area contributed by atoms with Gasteiger partial charge >= 0.3 is 0 Å². The van der Waals surface area contributed by atoms with Crippen LogP contribution in [-0.4, -0.2) is 13.7 Å². The first-order valence-corrected chi connectivity index (χ1v) is 39.4. The number of hydrogen-bond donors (Lipinski definition) is 0. The minimum atomic E-state index is -0.470. The highest BCUT2D eigenvalue weighted by atomic mass is 15.0. The first-order chi connectivity index (χ1) is 71.2. The van der Waals surface area contributed by atoms with Crippen LogP contribution in [0.3, 0.4) is 0 Å². The molecule has 0 radical (unpaired) electrons. The van der Waals surface area contributed by atoms with E-state index in [2.05, 4.69) is 122 Å². The topological polar surface area (TPSA) is 14.8 Å². The van der Waals surface area contributed by atoms with Gasteiger partial charge in [-0.05, 0) is 203 Å². The molecule has 3 nitrogen and oxygen atoms in total. The molecule has 18 aromatic carbocycles. The summed E-state index contributed by atoms with van der Waals surface area (Å²) in [6.45, 7) is 13.0. The molecular formula is C117H93N3. The van der Waals surface area contributed by atoms with Gasteiger partial charge in [-0.2, -0.15) is 0 Å². The monoisotopic (exact) mass is 1570 g/mol. The number of nitrogens with zero attached hydrogens (tertiary/aromatic N) is 3. The third-order valence-electron chi connectivity index (χ3n) is 23.0. The summed E-state index contributed by atoms with van der Waals surface area (Å²) in [6.07, 6.45) is 0. The molecule has 0 N–H and O–H groups in total. The molecule has 3 heteroatoms. The van der Waals surface area contributed by atoms with Crippen molar-refractivity contribution >= 4 is 65.4 Å². The third kappa shape index (κ3) is 14.4. The van der Waals surface area contributed by atoms with E-state index in [1.165, 1.54) is 5.56 Å². The average Bonchev–Trinajstić information content (AvgIpc) is 1.57. The van der Waals surface area contributed by atoms with Gasteiger partial charge in [-0.1, -0.05) is 393 Å². The van der Waals surface area contributed by atoms with Crippen LogP contribution in [0.5, 0.6) is 0 Å². The van der Waals surface area contributed by atoms with Crippen LogP contribution in [-0.2, 0) is 16.2 Å². The number of benzene rings is 18. The van der Waals surface area contributed by atoms with Crippen LogP contribution in [0.2, 0.25) is 0 Å². The van der Waals surface area contributed by atoms with Crippen LogP contribution in [0.15, 0.2) is 454 Å². The zero-order valence-electron chi connectivity index (χ0n) is 96.3. The average molecular weight is 1570 g/mol. The van der Waals surface area contributed by atoms with E-state index >= 15 is 0 Å². The van der Waals surface area contributed by atoms with Gasteiger partial charge in [-0.3, -0.25) is 0 Å². The van der Waals surface area contributed by atoms with Crippen LogP contribution in [0.25, 0.3) is 149 Å². The second-order valence-corrected chi connectivity index (χ2v) is 31.0. The van der Waals surface area contributed by atoms with Crippen LogP contribution in [0.1, 0.15) is 116 Å². The molecule has 0 fully saturated rings. The van der Waals surface area contributed by atoms with Crippen molar-refractivity contribution in [2.24, 2.45) is 0 Å². The molecule has 0 bridgehead atoms. The van der Waals surface area contributed by atoms with Crippen LogP contribution < -0.4 is 0 Å². The summed E-state index contributed by atoms with van der Waals surface area (Å²) < 4.78 is 257. The lowest BCUT2D eigenvalue weighted by Crippen LogP contribution is -2.21. The van der Waals surface area contributed by atoms with E-state index in [0.717, 1.165) is 78.0 Å². The predicted molar refractivity (Wildman–Crippen MR) is 511 cm³/mol. The maximum Gasteiger partial charge on any atom is 0.0629 e. The van der Waals surface area contributed by atoms with E-state index in [-0.39, 0.29) is 117 Å². The molecule has 0 unspecified atom stereocenters. The first-order valence-electron chi connectivity index (χ1n) is 54.4. The molecule has 21 rings (SSSR count). The highest BCUT2D eigenvalue weighted by Crippen LogP contribution is 2.45. The zero-order valence-corrected chi connectivity index (χ0v) is 66.3. The standard InChI is InChI=1S/3C39H31N/c1-39(2,32-18-10-5-11-19-32)35-20-12-13-21-38(35)40-36-24-22-30(28-14-6-3-7-15-28)26-33(36)34-27-31(23-25-37(34)40)29-16-8-4-9-17-29;1-39(2,32-17-10-5-11-18-32)33-19-12-20-34(27-33)40-37-23-21-30(28-13-6-3-7-14-28)25-35(37)36-26-31(22-24-38(36)40)29-15-8-4-9-16-29;1-39(2,32-16-10-5-11-17-32)33-20-22-34(23-21-33)40-37-24-18-30(28-12-6-3-7-13-28)26-35(37)36-27-31(19-25-38(36)40)29-14-8-4-9-15-29/h3*3-27H,1-2H3/i3D,4D,6D,7D,8D,9D,14D,15D,16D,17D;3D,4D,6D,7D,8D,9D,13D,14D,15D,16D;3D,4D,6D,7D,8D,9D,12D,13D,14D,15D. The van der Waals surface area contributed by atoms with Gasteiger partial charge in [0, 0.05) is 59.9 Å². The summed E-state index contributed by atoms with van der Waals surface area (Å²) in [4.78, 5) is 0. The lowest BCUT2D eigenvalue weighted by molar-refractivity contribution is 0.637. The van der Waals surface area contributed by atoms with Gasteiger partial charge in [0.15, 0.2) is 0 Å². The third-order valence-corrected chi connectivity index (χ3v) is 23.0. The van der Waals surface area contributed by atoms with Gasteiger partial charge < -0.3 is 13.7 Å². The Bertz CT molecular complexity index is 8660. The van der Waals surface area contributed by atoms with E-state index in [9.17, 15) is 0 Å². The fraction of sp³-hybridized carbons (Fsp3) is 0.0769. The fourth-order valence-electron chi connectivity index (χ4n) is 16.5. The Balaban J connectivity index is 0.000000141. The van der Waals surface area contributed by atoms with E-state index in [1.54, 1.807) is 72.8 Å². The molecule has 0 spiro atoms. The van der Waals surface area contributed by atoms with Gasteiger partial charge in [0.1, 0.15) is 0 Å². The molecule has 21 aromatic rings. The van der Waals surface area contributed by atoms with Crippen LogP contribution in [0, 0.1) is 0 Å². The van der Waals surface area contributed by atoms with Crippen molar-refractivity contribution in [1.29, 1.82) is 0 Å². The minimum Gasteiger partial charge on any atom is -0.309 e. The molecule has 0 saturated heterocycles. The summed E-state index contributed by atoms with van der Waals surface area (Å²) in [6, 6.07) is 76.2. The number of para-hydroxylation sites is 1. The van der Waals surface area contributed by atoms with Gasteiger partial charge in [0.2, 0.25) is 0 Å². The fourth-order valence-corrected chi connectivity index (χ4v) is 16.5. The lowest BCUT2D eigenvalue weighted by atomic mass is 9.77. The van der Waals surface area contributed by atoms with Gasteiger partial charge in [-0.15, -0.1) is 0 Å². The Kier molecular flexibility index (Phi) is 13.1. The second-order valence-electron chi connectivity index (χ2n) is 31.0. The maximum absolute atomic E-state index is 8.64. The van der Waals surface area contributed by atoms with Crippen LogP contribution >= 0.6 is 0 Å². The summed E-state index contributed by atoms with van der Waals surface area (Å²) in [5.41, 5.74) is 16.1. The molecule has 3 heterocycles. The van der Waals surface area contributed by atoms with Crippen molar-refractivity contribution in [1.82, 2.24) is 13.7 Å². The Hall–Kier alpha value is -14.6. The van der Waals surface area contributed by atoms with Gasteiger partial charge in [0.25, 0.3) is 0 Å². The normalized spacial score (nSPS) is 15.2. The summed E-state index contributed by atoms with van der Waals surface area (Å²) in [7, 11) is 0. The Morgan fingerprint density at radius 2 is 0.433 bits per heavy atom. The lowest BCUT2D eigenvalue weighted by Gasteiger charge is -2.29. The van der Waals surface area contributed by atoms with Gasteiger partial charge in [-0.25, -0.2) is 0 Å². The number of hydrogen-bond acceptors (Lipinski definition) is 0. The summed E-state index contributed by atoms with van der Waals surface area (Å²) in [5, 5.41) is 4.20. The first kappa shape index (κ1) is 48.8. The van der Waals surface area contributed by atoms with E-state index in [1.807, 2.05) is 133 Å². The molecule has 0 amide bonds. The number of fused-ring (bicyclic) bond motifs is 9. The zero-order chi connectivity index (χ0) is 107. The van der Waals surface area contributed by atoms with E-state index < -0.39 is 114 Å². The molecule has 0 aliphatic heterocycles. The smallest absolute Gasteiger partial charge is 0.0629 e. The Morgan fingerprint density at radius 1 is 0.183 bits per heavy atom. The highest BCUT2D eigenvalue weighted by Gasteiger charge is 2.30. The van der Waals surface area contributed by atoms with E-state index in [0.29, 0.717) is 65.7 Å². The molecule has 0 aliphatic carbocycles. The quantitative estimate of drug-likeness (QED) is 0.0972. The SMILES string of the molecule is [2H]c1c([2H])c([2H])c(-c2ccc3c(c2)c2cc(-c4c([2H])c([2H])c([2H])c([2H])c4[2H])ccc2n3-c2ccc(C(C)(C)c3ccccc3)cc2)c([2H])c1[2H].[2H]c1c([2H])c([2H])c(-c2ccc3c(c2)c2cc(-c4c([2H])c([2H])c([2H])c([2H])c4[2H])ccc2n3-c2cccc(C(C)(C)c3ccccc3)c2)c([2H])c1[2H].[2H]c1c([2H])c([2H])c(-c2ccc3c(c2)c2cc(-c4c([2H])c([2H])c([2H])c([2H])c4[2H])ccc2n3-c2ccccc2C(C)(C)c2ccccc2)c([2H])c1[2H]. The van der Waals surface area contributed by atoms with Crippen molar-refractivity contribution in [3.8, 4) is 83.8 Å². The molecular weight excluding hydrogens is 1450 g/mol. The molecule has 0 saturated carbocycles. The number of aromatic nitrogens is 3. The van der Waals surface area contributed by atoms with Crippen molar-refractivity contribution in [3.05, 3.63) is 488 Å². The molecule has 0 aliphatic rings. The van der Waals surface area contributed by atoms with Crippen molar-refractivity contribution in [2.75, 3.05) is 0 Å². The maximum atomic E-state index is 8.64. The van der Waals surface area contributed by atoms with Gasteiger partial charge in [0.05, 0.1) is 79.9 Å². The largest absolute Gasteiger partial charge is 0.309 e. The minimum absolute atomic E-state index is 0.0752. The number of rotatable bonds is 15. The van der Waals surface area contributed by atoms with Crippen molar-refractivity contribution in [2.45, 2.75) is 57.8 Å². The summed E-state index contributed by atoms with van der Waals surface area (Å²) in [5.74, 6) is 0. The molecule has 3 aromatic heterocycles. The van der Waals surface area contributed by atoms with Crippen molar-refractivity contribution in [3.63, 3.8) is 0 Å². The van der Waals surface area contributed by atoms with Crippen LogP contribution in [0.4, 0.5) is 0 Å². The summed E-state index contributed by atoms with van der Waals surface area (Å²) >= 11 is 0. The molecule has 0 atom stereocenters. The van der Waals surface area contributed by atoms with E-state index in [4.69, 9.17) is 41.1 Å². The predicted octanol–water partition coefficient (Wildman–Crippen LogP) is 31.3. The Labute approximate surface area is 746 Å².